The summed E-state index contributed by atoms with van der Waals surface area (Å²) in [5.74, 6) is 0.663. The Hall–Kier alpha value is -2.04. The van der Waals surface area contributed by atoms with Crippen molar-refractivity contribution in [2.75, 3.05) is 5.73 Å². The number of aromatic nitrogens is 2. The first-order valence-electron chi connectivity index (χ1n) is 6.98. The Labute approximate surface area is 137 Å². The Morgan fingerprint density at radius 3 is 2.73 bits per heavy atom. The molecule has 0 saturated carbocycles. The fourth-order valence-corrected chi connectivity index (χ4v) is 3.94. The minimum absolute atomic E-state index is 0.663. The lowest BCUT2D eigenvalue weighted by molar-refractivity contribution is 1.12. The summed E-state index contributed by atoms with van der Waals surface area (Å²) >= 11 is 7.71. The van der Waals surface area contributed by atoms with Crippen LogP contribution in [0.3, 0.4) is 0 Å². The zero-order valence-corrected chi connectivity index (χ0v) is 13.8. The molecule has 0 saturated heterocycles. The van der Waals surface area contributed by atoms with E-state index in [1.165, 1.54) is 16.7 Å². The van der Waals surface area contributed by atoms with E-state index in [0.29, 0.717) is 5.82 Å². The first-order valence-corrected chi connectivity index (χ1v) is 8.24. The predicted octanol–water partition coefficient (Wildman–Crippen LogP) is 5.07. The van der Waals surface area contributed by atoms with Gasteiger partial charge < -0.3 is 5.73 Å². The van der Waals surface area contributed by atoms with Crippen LogP contribution in [0.5, 0.6) is 0 Å². The normalized spacial score (nSPS) is 11.6. The van der Waals surface area contributed by atoms with Gasteiger partial charge >= 0.3 is 0 Å². The summed E-state index contributed by atoms with van der Waals surface area (Å²) in [5, 5.41) is 4.29. The van der Waals surface area contributed by atoms with Crippen LogP contribution in [-0.4, -0.2) is 9.38 Å². The fraction of sp³-hybridized carbons (Fsp3) is 0.118. The molecule has 1 aromatic carbocycles. The molecule has 0 fully saturated rings. The molecule has 4 aromatic rings. The number of nitrogens with zero attached hydrogens (tertiary/aromatic N) is 2. The number of thiophene rings is 1. The van der Waals surface area contributed by atoms with Gasteiger partial charge in [-0.05, 0) is 30.9 Å². The summed E-state index contributed by atoms with van der Waals surface area (Å²) in [6.07, 6.45) is 0. The van der Waals surface area contributed by atoms with Crippen molar-refractivity contribution in [2.45, 2.75) is 13.8 Å². The average molecular weight is 328 g/mol. The minimum Gasteiger partial charge on any atom is -0.383 e. The lowest BCUT2D eigenvalue weighted by Gasteiger charge is -2.06. The molecule has 0 unspecified atom stereocenters. The summed E-state index contributed by atoms with van der Waals surface area (Å²) in [5.41, 5.74) is 11.2. The summed E-state index contributed by atoms with van der Waals surface area (Å²) in [6.45, 7) is 4.05. The fourth-order valence-electron chi connectivity index (χ4n) is 2.91. The molecule has 0 radical (unpaired) electrons. The van der Waals surface area contributed by atoms with Crippen molar-refractivity contribution in [1.29, 1.82) is 0 Å². The Kier molecular flexibility index (Phi) is 2.93. The third-order valence-corrected chi connectivity index (χ3v) is 5.48. The number of nitrogen functional groups attached to an aromatic ring is 1. The monoisotopic (exact) mass is 327 g/mol. The third-order valence-electron chi connectivity index (χ3n) is 4.07. The van der Waals surface area contributed by atoms with E-state index in [1.807, 2.05) is 28.8 Å². The third kappa shape index (κ3) is 1.77. The Bertz CT molecular complexity index is 1030. The molecule has 4 rings (SSSR count). The standard InChI is InChI=1S/C17H14ClN3S/c1-9-7-11-5-3-4-6-12(11)17-20-14(16(19)21(9)17)13-8-22-15(18)10(13)2/h3-8H,19H2,1-2H3. The molecule has 0 bridgehead atoms. The Balaban J connectivity index is 2.15. The van der Waals surface area contributed by atoms with Crippen molar-refractivity contribution in [1.82, 2.24) is 9.38 Å². The zero-order valence-electron chi connectivity index (χ0n) is 12.2. The number of hydrogen-bond donors (Lipinski definition) is 1. The van der Waals surface area contributed by atoms with Gasteiger partial charge in [0.1, 0.15) is 17.2 Å². The van der Waals surface area contributed by atoms with Gasteiger partial charge in [0.15, 0.2) is 0 Å². The maximum atomic E-state index is 6.40. The largest absolute Gasteiger partial charge is 0.383 e. The number of pyridine rings is 1. The number of hydrogen-bond acceptors (Lipinski definition) is 3. The van der Waals surface area contributed by atoms with Crippen molar-refractivity contribution >= 4 is 45.2 Å². The van der Waals surface area contributed by atoms with Crippen LogP contribution in [0.25, 0.3) is 27.7 Å². The molecule has 5 heteroatoms. The molecule has 0 spiro atoms. The Morgan fingerprint density at radius 2 is 2.00 bits per heavy atom. The zero-order chi connectivity index (χ0) is 15.4. The van der Waals surface area contributed by atoms with Crippen LogP contribution in [-0.2, 0) is 0 Å². The molecular formula is C17H14ClN3S. The van der Waals surface area contributed by atoms with Crippen LogP contribution >= 0.6 is 22.9 Å². The topological polar surface area (TPSA) is 43.3 Å². The molecule has 3 nitrogen and oxygen atoms in total. The first-order chi connectivity index (χ1) is 10.6. The van der Waals surface area contributed by atoms with Crippen molar-refractivity contribution < 1.29 is 0 Å². The van der Waals surface area contributed by atoms with Crippen LogP contribution in [0.15, 0.2) is 35.7 Å². The van der Waals surface area contributed by atoms with E-state index >= 15 is 0 Å². The lowest BCUT2D eigenvalue weighted by Crippen LogP contribution is -1.98. The lowest BCUT2D eigenvalue weighted by atomic mass is 10.1. The number of fused-ring (bicyclic) bond motifs is 3. The second-order valence-electron chi connectivity index (χ2n) is 5.43. The van der Waals surface area contributed by atoms with Crippen molar-refractivity contribution in [3.63, 3.8) is 0 Å². The van der Waals surface area contributed by atoms with E-state index in [2.05, 4.69) is 25.1 Å². The second-order valence-corrected chi connectivity index (χ2v) is 6.91. The maximum Gasteiger partial charge on any atom is 0.147 e. The molecule has 0 atom stereocenters. The van der Waals surface area contributed by atoms with Crippen molar-refractivity contribution in [3.8, 4) is 11.3 Å². The number of anilines is 1. The molecular weight excluding hydrogens is 314 g/mol. The molecule has 0 amide bonds. The predicted molar refractivity (Wildman–Crippen MR) is 94.9 cm³/mol. The van der Waals surface area contributed by atoms with E-state index in [0.717, 1.165) is 37.9 Å². The van der Waals surface area contributed by atoms with Crippen LogP contribution in [0, 0.1) is 13.8 Å². The van der Waals surface area contributed by atoms with E-state index < -0.39 is 0 Å². The van der Waals surface area contributed by atoms with Gasteiger partial charge in [0, 0.05) is 22.0 Å². The van der Waals surface area contributed by atoms with Gasteiger partial charge in [-0.15, -0.1) is 11.3 Å². The van der Waals surface area contributed by atoms with Gasteiger partial charge in [-0.1, -0.05) is 35.9 Å². The highest BCUT2D eigenvalue weighted by atomic mass is 35.5. The highest BCUT2D eigenvalue weighted by Crippen LogP contribution is 2.38. The van der Waals surface area contributed by atoms with Gasteiger partial charge in [-0.3, -0.25) is 4.40 Å². The highest BCUT2D eigenvalue weighted by molar-refractivity contribution is 7.15. The summed E-state index contributed by atoms with van der Waals surface area (Å²) in [4.78, 5) is 4.83. The first kappa shape index (κ1) is 13.6. The van der Waals surface area contributed by atoms with Gasteiger partial charge in [0.25, 0.3) is 0 Å². The van der Waals surface area contributed by atoms with E-state index in [9.17, 15) is 0 Å². The van der Waals surface area contributed by atoms with Crippen molar-refractivity contribution in [3.05, 3.63) is 51.3 Å². The van der Waals surface area contributed by atoms with Gasteiger partial charge in [0.05, 0.1) is 4.34 Å². The van der Waals surface area contributed by atoms with Gasteiger partial charge in [-0.2, -0.15) is 0 Å². The molecule has 3 aromatic heterocycles. The molecule has 0 aliphatic heterocycles. The smallest absolute Gasteiger partial charge is 0.147 e. The quantitative estimate of drug-likeness (QED) is 0.530. The number of imidazole rings is 1. The summed E-state index contributed by atoms with van der Waals surface area (Å²) in [7, 11) is 0. The average Bonchev–Trinajstić information content (AvgIpc) is 3.01. The van der Waals surface area contributed by atoms with Crippen LogP contribution in [0.2, 0.25) is 4.34 Å². The summed E-state index contributed by atoms with van der Waals surface area (Å²) < 4.78 is 2.80. The van der Waals surface area contributed by atoms with E-state index in [1.54, 1.807) is 0 Å². The number of benzene rings is 1. The number of aryl methyl sites for hydroxylation is 1. The highest BCUT2D eigenvalue weighted by Gasteiger charge is 2.18. The van der Waals surface area contributed by atoms with E-state index in [-0.39, 0.29) is 0 Å². The van der Waals surface area contributed by atoms with Crippen LogP contribution < -0.4 is 5.73 Å². The second kappa shape index (κ2) is 4.73. The van der Waals surface area contributed by atoms with Gasteiger partial charge in [0.2, 0.25) is 0 Å². The summed E-state index contributed by atoms with van der Waals surface area (Å²) in [6, 6.07) is 10.4. The molecule has 2 N–H and O–H groups in total. The number of nitrogens with two attached hydrogens (primary N) is 1. The minimum atomic E-state index is 0.663. The van der Waals surface area contributed by atoms with Crippen LogP contribution in [0.4, 0.5) is 5.82 Å². The maximum absolute atomic E-state index is 6.40. The molecule has 22 heavy (non-hydrogen) atoms. The SMILES string of the molecule is Cc1c(-c2nc3c4ccccc4cc(C)n3c2N)csc1Cl. The van der Waals surface area contributed by atoms with Crippen LogP contribution in [0.1, 0.15) is 11.3 Å². The number of rotatable bonds is 1. The van der Waals surface area contributed by atoms with Gasteiger partial charge in [-0.25, -0.2) is 4.98 Å². The Morgan fingerprint density at radius 1 is 1.23 bits per heavy atom. The molecule has 110 valence electrons. The van der Waals surface area contributed by atoms with Crippen molar-refractivity contribution in [2.24, 2.45) is 0 Å². The number of halogens is 1. The molecule has 0 aliphatic rings. The van der Waals surface area contributed by atoms with E-state index in [4.69, 9.17) is 22.3 Å². The molecule has 0 aliphatic carbocycles. The molecule has 3 heterocycles.